The number of halogens is 1. The summed E-state index contributed by atoms with van der Waals surface area (Å²) in [5.41, 5.74) is 1.99. The molecule has 0 atom stereocenters. The van der Waals surface area contributed by atoms with Crippen molar-refractivity contribution in [2.75, 3.05) is 13.7 Å². The fourth-order valence-corrected chi connectivity index (χ4v) is 1.69. The van der Waals surface area contributed by atoms with Crippen LogP contribution in [0.25, 0.3) is 5.57 Å². The Kier molecular flexibility index (Phi) is 5.86. The van der Waals surface area contributed by atoms with Crippen molar-refractivity contribution in [1.29, 1.82) is 0 Å². The number of nitrogens with one attached hydrogen (secondary N) is 1. The Morgan fingerprint density at radius 1 is 1.44 bits per heavy atom. The molecule has 0 radical (unpaired) electrons. The number of ether oxygens (including phenoxy) is 1. The monoisotopic (exact) mass is 251 g/mol. The van der Waals surface area contributed by atoms with Crippen LogP contribution in [0.4, 0.5) is 4.39 Å². The molecule has 0 saturated carbocycles. The van der Waals surface area contributed by atoms with Gasteiger partial charge in [-0.3, -0.25) is 0 Å². The van der Waals surface area contributed by atoms with Crippen LogP contribution in [0.2, 0.25) is 0 Å². The number of methoxy groups -OCH3 is 1. The first kappa shape index (κ1) is 14.7. The standard InChI is InChI=1S/C15H22FNO/c1-11(2)17-9-5-6-12(3)13-7-8-15(18-4)14(16)10-13/h6-8,10-11,17H,5,9H2,1-4H3. The minimum atomic E-state index is -0.317. The molecule has 0 amide bonds. The second-order valence-corrected chi connectivity index (χ2v) is 4.63. The Balaban J connectivity index is 2.63. The largest absolute Gasteiger partial charge is 0.494 e. The molecule has 0 heterocycles. The zero-order valence-corrected chi connectivity index (χ0v) is 11.6. The molecule has 0 aliphatic carbocycles. The maximum Gasteiger partial charge on any atom is 0.165 e. The molecule has 0 unspecified atom stereocenters. The lowest BCUT2D eigenvalue weighted by atomic mass is 10.1. The maximum atomic E-state index is 13.5. The molecule has 0 bridgehead atoms. The van der Waals surface area contributed by atoms with Gasteiger partial charge in [0.2, 0.25) is 0 Å². The van der Waals surface area contributed by atoms with Crippen LogP contribution in [0.15, 0.2) is 24.3 Å². The van der Waals surface area contributed by atoms with Crippen LogP contribution in [-0.2, 0) is 0 Å². The third-order valence-electron chi connectivity index (χ3n) is 2.75. The van der Waals surface area contributed by atoms with Gasteiger partial charge in [-0.1, -0.05) is 26.0 Å². The first-order chi connectivity index (χ1) is 8.54. The first-order valence-corrected chi connectivity index (χ1v) is 6.28. The molecule has 1 aromatic rings. The molecule has 0 aliphatic heterocycles. The highest BCUT2D eigenvalue weighted by atomic mass is 19.1. The van der Waals surface area contributed by atoms with E-state index in [1.54, 1.807) is 6.07 Å². The fraction of sp³-hybridized carbons (Fsp3) is 0.467. The fourth-order valence-electron chi connectivity index (χ4n) is 1.69. The van der Waals surface area contributed by atoms with Crippen molar-refractivity contribution in [2.24, 2.45) is 0 Å². The highest BCUT2D eigenvalue weighted by Crippen LogP contribution is 2.22. The Bertz CT molecular complexity index is 413. The lowest BCUT2D eigenvalue weighted by molar-refractivity contribution is 0.386. The van der Waals surface area contributed by atoms with Crippen molar-refractivity contribution in [3.8, 4) is 5.75 Å². The quantitative estimate of drug-likeness (QED) is 0.780. The van der Waals surface area contributed by atoms with Gasteiger partial charge < -0.3 is 10.1 Å². The number of hydrogen-bond donors (Lipinski definition) is 1. The lowest BCUT2D eigenvalue weighted by Gasteiger charge is -2.07. The Hall–Kier alpha value is -1.35. The Labute approximate surface area is 109 Å². The van der Waals surface area contributed by atoms with Gasteiger partial charge in [0.25, 0.3) is 0 Å². The van der Waals surface area contributed by atoms with Gasteiger partial charge in [-0.05, 0) is 43.2 Å². The highest BCUT2D eigenvalue weighted by Gasteiger charge is 2.04. The first-order valence-electron chi connectivity index (χ1n) is 6.28. The molecular weight excluding hydrogens is 229 g/mol. The number of benzene rings is 1. The minimum absolute atomic E-state index is 0.285. The second-order valence-electron chi connectivity index (χ2n) is 4.63. The zero-order valence-electron chi connectivity index (χ0n) is 11.6. The van der Waals surface area contributed by atoms with E-state index in [4.69, 9.17) is 4.74 Å². The summed E-state index contributed by atoms with van der Waals surface area (Å²) in [5, 5.41) is 3.34. The minimum Gasteiger partial charge on any atom is -0.494 e. The van der Waals surface area contributed by atoms with Crippen molar-refractivity contribution in [3.05, 3.63) is 35.7 Å². The van der Waals surface area contributed by atoms with E-state index in [2.05, 4.69) is 25.2 Å². The van der Waals surface area contributed by atoms with E-state index in [9.17, 15) is 4.39 Å². The third-order valence-corrected chi connectivity index (χ3v) is 2.75. The normalized spacial score (nSPS) is 12.0. The van der Waals surface area contributed by atoms with E-state index in [1.165, 1.54) is 13.2 Å². The van der Waals surface area contributed by atoms with Gasteiger partial charge in [0, 0.05) is 6.04 Å². The molecule has 1 rings (SSSR count). The van der Waals surface area contributed by atoms with Gasteiger partial charge in [-0.15, -0.1) is 0 Å². The van der Waals surface area contributed by atoms with E-state index in [0.29, 0.717) is 6.04 Å². The summed E-state index contributed by atoms with van der Waals surface area (Å²) in [6.07, 6.45) is 3.06. The molecule has 0 aliphatic rings. The molecule has 1 aromatic carbocycles. The molecule has 1 N–H and O–H groups in total. The van der Waals surface area contributed by atoms with E-state index in [1.807, 2.05) is 13.0 Å². The van der Waals surface area contributed by atoms with Gasteiger partial charge in [0.05, 0.1) is 7.11 Å². The number of rotatable bonds is 6. The van der Waals surface area contributed by atoms with Crippen molar-refractivity contribution >= 4 is 5.57 Å². The molecule has 100 valence electrons. The van der Waals surface area contributed by atoms with E-state index in [-0.39, 0.29) is 11.6 Å². The Morgan fingerprint density at radius 3 is 2.72 bits per heavy atom. The summed E-state index contributed by atoms with van der Waals surface area (Å²) >= 11 is 0. The zero-order chi connectivity index (χ0) is 13.5. The van der Waals surface area contributed by atoms with Crippen molar-refractivity contribution in [1.82, 2.24) is 5.32 Å². The van der Waals surface area contributed by atoms with Gasteiger partial charge in [0.15, 0.2) is 11.6 Å². The Morgan fingerprint density at radius 2 is 2.17 bits per heavy atom. The summed E-state index contributed by atoms with van der Waals surface area (Å²) in [5.74, 6) is -0.0314. The number of hydrogen-bond acceptors (Lipinski definition) is 2. The van der Waals surface area contributed by atoms with Gasteiger partial charge in [-0.25, -0.2) is 4.39 Å². The van der Waals surface area contributed by atoms with Crippen molar-refractivity contribution < 1.29 is 9.13 Å². The molecule has 0 saturated heterocycles. The van der Waals surface area contributed by atoms with E-state index in [0.717, 1.165) is 24.1 Å². The highest BCUT2D eigenvalue weighted by molar-refractivity contribution is 5.64. The summed E-state index contributed by atoms with van der Waals surface area (Å²) < 4.78 is 18.4. The third kappa shape index (κ3) is 4.49. The predicted octanol–water partition coefficient (Wildman–Crippen LogP) is 3.63. The molecule has 3 heteroatoms. The number of allylic oxidation sites excluding steroid dienone is 1. The molecule has 18 heavy (non-hydrogen) atoms. The van der Waals surface area contributed by atoms with Crippen LogP contribution < -0.4 is 10.1 Å². The van der Waals surface area contributed by atoms with Crippen LogP contribution in [0.5, 0.6) is 5.75 Å². The summed E-state index contributed by atoms with van der Waals surface area (Å²) in [6, 6.07) is 5.55. The summed E-state index contributed by atoms with van der Waals surface area (Å²) in [6.45, 7) is 7.18. The maximum absolute atomic E-state index is 13.5. The van der Waals surface area contributed by atoms with Crippen molar-refractivity contribution in [2.45, 2.75) is 33.2 Å². The van der Waals surface area contributed by atoms with Gasteiger partial charge in [0.1, 0.15) is 0 Å². The van der Waals surface area contributed by atoms with E-state index >= 15 is 0 Å². The molecule has 0 aromatic heterocycles. The van der Waals surface area contributed by atoms with E-state index < -0.39 is 0 Å². The average molecular weight is 251 g/mol. The van der Waals surface area contributed by atoms with Crippen molar-refractivity contribution in [3.63, 3.8) is 0 Å². The topological polar surface area (TPSA) is 21.3 Å². The molecule has 0 spiro atoms. The van der Waals surface area contributed by atoms with Gasteiger partial charge in [-0.2, -0.15) is 0 Å². The lowest BCUT2D eigenvalue weighted by Crippen LogP contribution is -2.23. The predicted molar refractivity (Wildman–Crippen MR) is 74.4 cm³/mol. The van der Waals surface area contributed by atoms with Crippen LogP contribution >= 0.6 is 0 Å². The molecule has 2 nitrogen and oxygen atoms in total. The smallest absolute Gasteiger partial charge is 0.165 e. The second kappa shape index (κ2) is 7.17. The SMILES string of the molecule is COc1ccc(C(C)=CCCNC(C)C)cc1F. The van der Waals surface area contributed by atoms with Crippen LogP contribution in [0.3, 0.4) is 0 Å². The van der Waals surface area contributed by atoms with Crippen LogP contribution in [0, 0.1) is 5.82 Å². The van der Waals surface area contributed by atoms with Crippen LogP contribution in [0.1, 0.15) is 32.8 Å². The molecular formula is C15H22FNO. The molecule has 0 fully saturated rings. The summed E-state index contributed by atoms with van der Waals surface area (Å²) in [4.78, 5) is 0. The van der Waals surface area contributed by atoms with Crippen LogP contribution in [-0.4, -0.2) is 19.7 Å². The summed E-state index contributed by atoms with van der Waals surface area (Å²) in [7, 11) is 1.47. The van der Waals surface area contributed by atoms with Gasteiger partial charge >= 0.3 is 0 Å². The average Bonchev–Trinajstić information content (AvgIpc) is 2.34.